The van der Waals surface area contributed by atoms with E-state index in [0.717, 1.165) is 38.0 Å². The van der Waals surface area contributed by atoms with Gasteiger partial charge in [0.1, 0.15) is 11.9 Å². The number of esters is 1. The zero-order chi connectivity index (χ0) is 23.4. The highest BCUT2D eigenvalue weighted by molar-refractivity contribution is 5.94. The molecule has 0 bridgehead atoms. The van der Waals surface area contributed by atoms with Crippen molar-refractivity contribution in [1.29, 1.82) is 0 Å². The third-order valence-corrected chi connectivity index (χ3v) is 7.11. The van der Waals surface area contributed by atoms with Crippen LogP contribution in [-0.2, 0) is 14.9 Å². The summed E-state index contributed by atoms with van der Waals surface area (Å²) in [5.74, 6) is -0.188. The lowest BCUT2D eigenvalue weighted by atomic mass is 9.57. The Morgan fingerprint density at radius 2 is 2.03 bits per heavy atom. The number of hydrogen-bond acceptors (Lipinski definition) is 5. The lowest BCUT2D eigenvalue weighted by molar-refractivity contribution is -0.157. The highest BCUT2D eigenvalue weighted by Gasteiger charge is 2.53. The highest BCUT2D eigenvalue weighted by atomic mass is 16.5. The molecule has 4 rings (SSSR count). The average Bonchev–Trinajstić information content (AvgIpc) is 2.80. The summed E-state index contributed by atoms with van der Waals surface area (Å²) in [6.45, 7) is 7.72. The number of phenolic OH excluding ortho intramolecular Hbond substituents is 1. The molecule has 6 nitrogen and oxygen atoms in total. The molecule has 1 saturated carbocycles. The van der Waals surface area contributed by atoms with Gasteiger partial charge in [-0.1, -0.05) is 36.4 Å². The SMILES string of the molecule is C=CCN1CCC2(c3cccc(O)c3)C[C@@H](NC(=O)c3ccccc3)CC(OC(C)=O)C2C1. The van der Waals surface area contributed by atoms with Crippen LogP contribution in [0.3, 0.4) is 0 Å². The summed E-state index contributed by atoms with van der Waals surface area (Å²) in [5, 5.41) is 13.5. The Balaban J connectivity index is 1.70. The quantitative estimate of drug-likeness (QED) is 0.521. The van der Waals surface area contributed by atoms with Gasteiger partial charge in [-0.2, -0.15) is 0 Å². The van der Waals surface area contributed by atoms with Crippen LogP contribution >= 0.6 is 0 Å². The van der Waals surface area contributed by atoms with Gasteiger partial charge in [0.05, 0.1) is 0 Å². The maximum Gasteiger partial charge on any atom is 0.302 e. The Kier molecular flexibility index (Phi) is 6.84. The number of ether oxygens (including phenoxy) is 1. The lowest BCUT2D eigenvalue weighted by Crippen LogP contribution is -2.61. The lowest BCUT2D eigenvalue weighted by Gasteiger charge is -2.55. The minimum Gasteiger partial charge on any atom is -0.508 e. The third kappa shape index (κ3) is 4.96. The molecule has 1 aliphatic carbocycles. The van der Waals surface area contributed by atoms with Crippen molar-refractivity contribution in [3.63, 3.8) is 0 Å². The fourth-order valence-electron chi connectivity index (χ4n) is 5.73. The molecule has 0 spiro atoms. The molecule has 1 saturated heterocycles. The molecule has 6 heteroatoms. The highest BCUT2D eigenvalue weighted by Crippen LogP contribution is 2.50. The van der Waals surface area contributed by atoms with Crippen LogP contribution in [0.4, 0.5) is 0 Å². The summed E-state index contributed by atoms with van der Waals surface area (Å²) >= 11 is 0. The number of carbonyl (C=O) groups excluding carboxylic acids is 2. The maximum atomic E-state index is 13.0. The zero-order valence-electron chi connectivity index (χ0n) is 19.1. The molecule has 2 aromatic rings. The molecule has 33 heavy (non-hydrogen) atoms. The van der Waals surface area contributed by atoms with Gasteiger partial charge in [-0.05, 0) is 49.2 Å². The zero-order valence-corrected chi connectivity index (χ0v) is 19.1. The van der Waals surface area contributed by atoms with Gasteiger partial charge >= 0.3 is 5.97 Å². The molecule has 3 unspecified atom stereocenters. The van der Waals surface area contributed by atoms with E-state index in [1.165, 1.54) is 6.92 Å². The fourth-order valence-corrected chi connectivity index (χ4v) is 5.73. The van der Waals surface area contributed by atoms with Crippen molar-refractivity contribution in [3.05, 3.63) is 78.4 Å². The number of nitrogens with one attached hydrogen (secondary N) is 1. The van der Waals surface area contributed by atoms with Gasteiger partial charge in [-0.15, -0.1) is 6.58 Å². The van der Waals surface area contributed by atoms with Crippen LogP contribution in [0.25, 0.3) is 0 Å². The van der Waals surface area contributed by atoms with E-state index in [1.807, 2.05) is 42.5 Å². The van der Waals surface area contributed by atoms with Crippen molar-refractivity contribution >= 4 is 11.9 Å². The van der Waals surface area contributed by atoms with E-state index in [2.05, 4.69) is 16.8 Å². The van der Waals surface area contributed by atoms with Gasteiger partial charge in [0.15, 0.2) is 0 Å². The van der Waals surface area contributed by atoms with E-state index in [1.54, 1.807) is 18.2 Å². The Morgan fingerprint density at radius 1 is 1.24 bits per heavy atom. The second kappa shape index (κ2) is 9.79. The second-order valence-corrected chi connectivity index (χ2v) is 9.24. The second-order valence-electron chi connectivity index (χ2n) is 9.24. The summed E-state index contributed by atoms with van der Waals surface area (Å²) in [6, 6.07) is 16.4. The first kappa shape index (κ1) is 23.1. The Hall–Kier alpha value is -3.12. The van der Waals surface area contributed by atoms with Crippen molar-refractivity contribution in [2.75, 3.05) is 19.6 Å². The predicted molar refractivity (Wildman–Crippen MR) is 127 cm³/mol. The number of hydrogen-bond donors (Lipinski definition) is 2. The van der Waals surface area contributed by atoms with Gasteiger partial charge in [0.25, 0.3) is 5.91 Å². The van der Waals surface area contributed by atoms with Crippen LogP contribution in [0.1, 0.15) is 42.1 Å². The number of aromatic hydroxyl groups is 1. The van der Waals surface area contributed by atoms with Gasteiger partial charge in [0, 0.05) is 49.4 Å². The van der Waals surface area contributed by atoms with Crippen molar-refractivity contribution < 1.29 is 19.4 Å². The normalized spacial score (nSPS) is 27.2. The predicted octanol–water partition coefficient (Wildman–Crippen LogP) is 3.66. The van der Waals surface area contributed by atoms with Crippen molar-refractivity contribution in [2.24, 2.45) is 5.92 Å². The molecule has 174 valence electrons. The monoisotopic (exact) mass is 448 g/mol. The number of rotatable bonds is 6. The van der Waals surface area contributed by atoms with Crippen LogP contribution in [0.2, 0.25) is 0 Å². The van der Waals surface area contributed by atoms with E-state index < -0.39 is 0 Å². The summed E-state index contributed by atoms with van der Waals surface area (Å²) in [5.41, 5.74) is 1.31. The number of phenols is 1. The van der Waals surface area contributed by atoms with Crippen LogP contribution in [0, 0.1) is 5.92 Å². The fraction of sp³-hybridized carbons (Fsp3) is 0.407. The molecule has 0 aromatic heterocycles. The summed E-state index contributed by atoms with van der Waals surface area (Å²) in [7, 11) is 0. The summed E-state index contributed by atoms with van der Waals surface area (Å²) < 4.78 is 5.88. The molecule has 1 amide bonds. The first-order chi connectivity index (χ1) is 15.9. The number of carbonyl (C=O) groups is 2. The Bertz CT molecular complexity index is 1010. The molecule has 1 aliphatic heterocycles. The maximum absolute atomic E-state index is 13.0. The number of amides is 1. The molecule has 2 aliphatic rings. The topological polar surface area (TPSA) is 78.9 Å². The van der Waals surface area contributed by atoms with Crippen LogP contribution < -0.4 is 5.32 Å². The van der Waals surface area contributed by atoms with Crippen molar-refractivity contribution in [2.45, 2.75) is 43.7 Å². The molecule has 4 atom stereocenters. The minimum absolute atomic E-state index is 0.0433. The number of piperidine rings is 1. The molecule has 0 radical (unpaired) electrons. The van der Waals surface area contributed by atoms with Gasteiger partial charge in [-0.3, -0.25) is 14.5 Å². The van der Waals surface area contributed by atoms with Crippen LogP contribution in [0.5, 0.6) is 5.75 Å². The summed E-state index contributed by atoms with van der Waals surface area (Å²) in [6.07, 6.45) is 3.68. The number of benzene rings is 2. The molecular formula is C27H32N2O4. The smallest absolute Gasteiger partial charge is 0.302 e. The molecule has 2 aromatic carbocycles. The number of likely N-dealkylation sites (tertiary alicyclic amines) is 1. The average molecular weight is 449 g/mol. The van der Waals surface area contributed by atoms with Crippen LogP contribution in [0.15, 0.2) is 67.3 Å². The Labute approximate surface area is 195 Å². The van der Waals surface area contributed by atoms with E-state index >= 15 is 0 Å². The van der Waals surface area contributed by atoms with Crippen LogP contribution in [-0.4, -0.2) is 53.7 Å². The third-order valence-electron chi connectivity index (χ3n) is 7.11. The first-order valence-electron chi connectivity index (χ1n) is 11.6. The van der Waals surface area contributed by atoms with E-state index in [-0.39, 0.29) is 41.1 Å². The summed E-state index contributed by atoms with van der Waals surface area (Å²) in [4.78, 5) is 27.3. The standard InChI is InChI=1S/C27H32N2O4/c1-3-13-29-14-12-27(21-10-7-11-23(31)15-21)17-22(16-25(24(27)18-29)33-19(2)30)28-26(32)20-8-5-4-6-9-20/h3-11,15,22,24-25,31H,1,12-14,16-18H2,2H3,(H,28,32)/t22-,24?,25?,27?/m0/s1. The van der Waals surface area contributed by atoms with E-state index in [0.29, 0.717) is 12.0 Å². The van der Waals surface area contributed by atoms with Crippen molar-refractivity contribution in [3.8, 4) is 5.75 Å². The van der Waals surface area contributed by atoms with Gasteiger partial charge in [-0.25, -0.2) is 0 Å². The Morgan fingerprint density at radius 3 is 2.73 bits per heavy atom. The van der Waals surface area contributed by atoms with E-state index in [4.69, 9.17) is 4.74 Å². The van der Waals surface area contributed by atoms with Gasteiger partial charge in [0.2, 0.25) is 0 Å². The number of nitrogens with zero attached hydrogens (tertiary/aromatic N) is 1. The molecule has 2 fully saturated rings. The molecular weight excluding hydrogens is 416 g/mol. The number of fused-ring (bicyclic) bond motifs is 1. The first-order valence-corrected chi connectivity index (χ1v) is 11.6. The molecule has 2 N–H and O–H groups in total. The van der Waals surface area contributed by atoms with Crippen molar-refractivity contribution in [1.82, 2.24) is 10.2 Å². The van der Waals surface area contributed by atoms with E-state index in [9.17, 15) is 14.7 Å². The minimum atomic E-state index is -0.340. The van der Waals surface area contributed by atoms with Gasteiger partial charge < -0.3 is 15.2 Å². The largest absolute Gasteiger partial charge is 0.508 e. The molecule has 1 heterocycles.